The molecule has 1 saturated heterocycles. The molecule has 0 saturated carbocycles. The van der Waals surface area contributed by atoms with E-state index in [4.69, 9.17) is 4.74 Å². The van der Waals surface area contributed by atoms with Crippen LogP contribution in [0.3, 0.4) is 0 Å². The number of nitrogens with zero attached hydrogens (tertiary/aromatic N) is 2. The van der Waals surface area contributed by atoms with Gasteiger partial charge in [0.05, 0.1) is 17.7 Å². The third-order valence-electron chi connectivity index (χ3n) is 5.75. The van der Waals surface area contributed by atoms with Gasteiger partial charge in [-0.05, 0) is 82.7 Å². The number of likely N-dealkylation sites (tertiary alicyclic amines) is 1. The van der Waals surface area contributed by atoms with E-state index in [0.717, 1.165) is 24.9 Å². The van der Waals surface area contributed by atoms with Gasteiger partial charge in [-0.25, -0.2) is 0 Å². The van der Waals surface area contributed by atoms with Gasteiger partial charge >= 0.3 is 0 Å². The predicted octanol–water partition coefficient (Wildman–Crippen LogP) is 4.41. The monoisotopic (exact) mass is 450 g/mol. The van der Waals surface area contributed by atoms with Crippen molar-refractivity contribution in [3.63, 3.8) is 0 Å². The number of ketones is 1. The second kappa shape index (κ2) is 10.7. The van der Waals surface area contributed by atoms with E-state index in [2.05, 4.69) is 6.92 Å². The number of amides is 1. The SMILES string of the molecule is CCc1ccc([C@H]2C(=C(O)c3ccc(OC(C)C)cc3)C(=O)C(=O)N2CCCN(C)C)cc1. The van der Waals surface area contributed by atoms with Gasteiger partial charge in [0.15, 0.2) is 0 Å². The minimum atomic E-state index is -0.649. The number of aliphatic hydroxyl groups excluding tert-OH is 1. The summed E-state index contributed by atoms with van der Waals surface area (Å²) in [6.07, 6.45) is 1.65. The molecule has 0 spiro atoms. The van der Waals surface area contributed by atoms with Crippen molar-refractivity contribution in [3.05, 3.63) is 70.8 Å². The summed E-state index contributed by atoms with van der Waals surface area (Å²) in [6, 6.07) is 14.2. The lowest BCUT2D eigenvalue weighted by Crippen LogP contribution is -2.32. The van der Waals surface area contributed by atoms with Crippen molar-refractivity contribution in [2.75, 3.05) is 27.2 Å². The smallest absolute Gasteiger partial charge is 0.295 e. The summed E-state index contributed by atoms with van der Waals surface area (Å²) in [5.74, 6) is -0.703. The van der Waals surface area contributed by atoms with Crippen LogP contribution >= 0.6 is 0 Å². The molecular formula is C27H34N2O4. The van der Waals surface area contributed by atoms with Crippen molar-refractivity contribution < 1.29 is 19.4 Å². The van der Waals surface area contributed by atoms with E-state index in [1.807, 2.05) is 57.1 Å². The third kappa shape index (κ3) is 5.63. The van der Waals surface area contributed by atoms with Gasteiger partial charge in [-0.1, -0.05) is 31.2 Å². The Balaban J connectivity index is 2.03. The van der Waals surface area contributed by atoms with Crippen molar-refractivity contribution in [1.82, 2.24) is 9.80 Å². The van der Waals surface area contributed by atoms with Crippen LogP contribution < -0.4 is 4.74 Å². The van der Waals surface area contributed by atoms with Crippen LogP contribution in [0.2, 0.25) is 0 Å². The number of carbonyl (C=O) groups is 2. The van der Waals surface area contributed by atoms with E-state index in [1.54, 1.807) is 29.2 Å². The molecule has 1 aliphatic heterocycles. The van der Waals surface area contributed by atoms with Crippen LogP contribution in [0, 0.1) is 0 Å². The molecule has 0 unspecified atom stereocenters. The molecule has 0 aromatic heterocycles. The summed E-state index contributed by atoms with van der Waals surface area (Å²) in [7, 11) is 3.95. The zero-order valence-corrected chi connectivity index (χ0v) is 20.2. The molecule has 6 nitrogen and oxygen atoms in total. The molecule has 1 amide bonds. The van der Waals surface area contributed by atoms with Crippen LogP contribution in [-0.2, 0) is 16.0 Å². The summed E-state index contributed by atoms with van der Waals surface area (Å²) in [6.45, 7) is 7.18. The maximum atomic E-state index is 13.1. The molecule has 33 heavy (non-hydrogen) atoms. The molecule has 1 fully saturated rings. The molecule has 1 heterocycles. The average molecular weight is 451 g/mol. The fourth-order valence-electron chi connectivity index (χ4n) is 4.07. The van der Waals surface area contributed by atoms with E-state index in [-0.39, 0.29) is 17.4 Å². The van der Waals surface area contributed by atoms with Crippen LogP contribution in [0.15, 0.2) is 54.1 Å². The molecule has 2 aromatic rings. The number of rotatable bonds is 9. The van der Waals surface area contributed by atoms with Gasteiger partial charge in [-0.15, -0.1) is 0 Å². The van der Waals surface area contributed by atoms with Crippen molar-refractivity contribution >= 4 is 17.4 Å². The van der Waals surface area contributed by atoms with Gasteiger partial charge in [0.2, 0.25) is 0 Å². The minimum Gasteiger partial charge on any atom is -0.507 e. The van der Waals surface area contributed by atoms with Crippen LogP contribution in [0.1, 0.15) is 49.9 Å². The Bertz CT molecular complexity index is 1010. The van der Waals surface area contributed by atoms with Crippen molar-refractivity contribution in [1.29, 1.82) is 0 Å². The van der Waals surface area contributed by atoms with Crippen molar-refractivity contribution in [2.24, 2.45) is 0 Å². The molecule has 1 aliphatic rings. The number of hydrogen-bond acceptors (Lipinski definition) is 5. The molecule has 0 bridgehead atoms. The van der Waals surface area contributed by atoms with Crippen molar-refractivity contribution in [2.45, 2.75) is 45.8 Å². The highest BCUT2D eigenvalue weighted by Gasteiger charge is 2.45. The van der Waals surface area contributed by atoms with E-state index in [9.17, 15) is 14.7 Å². The summed E-state index contributed by atoms with van der Waals surface area (Å²) in [5.41, 5.74) is 2.60. The zero-order chi connectivity index (χ0) is 24.1. The summed E-state index contributed by atoms with van der Waals surface area (Å²) < 4.78 is 5.67. The Morgan fingerprint density at radius 1 is 1.06 bits per heavy atom. The van der Waals surface area contributed by atoms with Crippen LogP contribution in [0.5, 0.6) is 5.75 Å². The molecule has 1 atom stereocenters. The fraction of sp³-hybridized carbons (Fsp3) is 0.407. The Hall–Kier alpha value is -3.12. The highest BCUT2D eigenvalue weighted by Crippen LogP contribution is 2.39. The van der Waals surface area contributed by atoms with E-state index >= 15 is 0 Å². The van der Waals surface area contributed by atoms with E-state index < -0.39 is 17.7 Å². The van der Waals surface area contributed by atoms with Gasteiger partial charge in [0.1, 0.15) is 11.5 Å². The number of benzene rings is 2. The number of carbonyl (C=O) groups excluding carboxylic acids is 2. The van der Waals surface area contributed by atoms with Gasteiger partial charge in [0.25, 0.3) is 11.7 Å². The highest BCUT2D eigenvalue weighted by molar-refractivity contribution is 6.46. The average Bonchev–Trinajstić information content (AvgIpc) is 3.03. The number of ether oxygens (including phenoxy) is 1. The molecular weight excluding hydrogens is 416 g/mol. The molecule has 2 aromatic carbocycles. The van der Waals surface area contributed by atoms with Gasteiger partial charge < -0.3 is 19.6 Å². The van der Waals surface area contributed by atoms with Crippen LogP contribution in [-0.4, -0.2) is 59.9 Å². The topological polar surface area (TPSA) is 70.1 Å². The lowest BCUT2D eigenvalue weighted by Gasteiger charge is -2.26. The Labute approximate surface area is 196 Å². The standard InChI is InChI=1S/C27H34N2O4/c1-6-19-8-10-20(11-9-19)24-23(26(31)27(32)29(24)17-7-16-28(4)5)25(30)21-12-14-22(15-13-21)33-18(2)3/h8-15,18,24,30H,6-7,16-17H2,1-5H3/t24-/m0/s1. The first kappa shape index (κ1) is 24.5. The third-order valence-corrected chi connectivity index (χ3v) is 5.75. The molecule has 0 radical (unpaired) electrons. The summed E-state index contributed by atoms with van der Waals surface area (Å²) in [4.78, 5) is 29.7. The fourth-order valence-corrected chi connectivity index (χ4v) is 4.07. The highest BCUT2D eigenvalue weighted by atomic mass is 16.5. The number of Topliss-reactive ketones (excluding diaryl/α,β-unsaturated/α-hetero) is 1. The normalized spacial score (nSPS) is 17.9. The lowest BCUT2D eigenvalue weighted by molar-refractivity contribution is -0.139. The number of hydrogen-bond donors (Lipinski definition) is 1. The number of aryl methyl sites for hydroxylation is 1. The first-order valence-corrected chi connectivity index (χ1v) is 11.5. The number of aliphatic hydroxyl groups is 1. The maximum absolute atomic E-state index is 13.1. The van der Waals surface area contributed by atoms with Gasteiger partial charge in [-0.3, -0.25) is 9.59 Å². The second-order valence-corrected chi connectivity index (χ2v) is 8.94. The van der Waals surface area contributed by atoms with Gasteiger partial charge in [-0.2, -0.15) is 0 Å². The maximum Gasteiger partial charge on any atom is 0.295 e. The summed E-state index contributed by atoms with van der Waals surface area (Å²) in [5, 5.41) is 11.2. The molecule has 1 N–H and O–H groups in total. The molecule has 0 aliphatic carbocycles. The van der Waals surface area contributed by atoms with E-state index in [1.165, 1.54) is 5.56 Å². The molecule has 3 rings (SSSR count). The minimum absolute atomic E-state index is 0.0306. The Morgan fingerprint density at radius 3 is 2.24 bits per heavy atom. The van der Waals surface area contributed by atoms with Crippen LogP contribution in [0.4, 0.5) is 0 Å². The molecule has 6 heteroatoms. The first-order chi connectivity index (χ1) is 15.7. The second-order valence-electron chi connectivity index (χ2n) is 8.94. The zero-order valence-electron chi connectivity index (χ0n) is 20.2. The van der Waals surface area contributed by atoms with E-state index in [0.29, 0.717) is 17.9 Å². The molecule has 176 valence electrons. The predicted molar refractivity (Wildman–Crippen MR) is 130 cm³/mol. The lowest BCUT2D eigenvalue weighted by atomic mass is 9.94. The summed E-state index contributed by atoms with van der Waals surface area (Å²) >= 11 is 0. The first-order valence-electron chi connectivity index (χ1n) is 11.5. The van der Waals surface area contributed by atoms with Gasteiger partial charge in [0, 0.05) is 12.1 Å². The van der Waals surface area contributed by atoms with Crippen LogP contribution in [0.25, 0.3) is 5.76 Å². The van der Waals surface area contributed by atoms with Crippen molar-refractivity contribution in [3.8, 4) is 5.75 Å². The Morgan fingerprint density at radius 2 is 1.70 bits per heavy atom. The largest absolute Gasteiger partial charge is 0.507 e. The quantitative estimate of drug-likeness (QED) is 0.348. The Kier molecular flexibility index (Phi) is 7.92.